The van der Waals surface area contributed by atoms with E-state index in [0.717, 1.165) is 15.8 Å². The van der Waals surface area contributed by atoms with Gasteiger partial charge in [-0.1, -0.05) is 18.2 Å². The molecule has 5 rings (SSSR count). The van der Waals surface area contributed by atoms with E-state index < -0.39 is 10.5 Å². The lowest BCUT2D eigenvalue weighted by Gasteiger charge is -2.15. The zero-order valence-corrected chi connectivity index (χ0v) is 18.6. The van der Waals surface area contributed by atoms with Gasteiger partial charge in [0, 0.05) is 27.8 Å². The van der Waals surface area contributed by atoms with Gasteiger partial charge in [-0.2, -0.15) is 0 Å². The Balaban J connectivity index is 1.92. The minimum Gasteiger partial charge on any atom is -0.288 e. The van der Waals surface area contributed by atoms with Crippen LogP contribution in [-0.4, -0.2) is 14.5 Å². The second-order valence-corrected chi connectivity index (χ2v) is 8.79. The lowest BCUT2D eigenvalue weighted by Crippen LogP contribution is -2.26. The number of rotatable bonds is 3. The number of non-ortho nitro benzene ring substituents is 1. The summed E-state index contributed by atoms with van der Waals surface area (Å²) in [5.41, 5.74) is 2.27. The number of nitro groups is 1. The maximum atomic E-state index is 13.8. The molecule has 8 heteroatoms. The summed E-state index contributed by atoms with van der Waals surface area (Å²) in [6.45, 7) is 3.92. The number of benzene rings is 3. The molecule has 0 bridgehead atoms. The summed E-state index contributed by atoms with van der Waals surface area (Å²) in [4.78, 5) is 42.7. The molecular formula is C25H17N3O4S. The van der Waals surface area contributed by atoms with Gasteiger partial charge in [0.15, 0.2) is 0 Å². The van der Waals surface area contributed by atoms with Crippen LogP contribution < -0.4 is 11.0 Å². The third kappa shape index (κ3) is 3.41. The number of aryl methyl sites for hydroxylation is 2. The van der Waals surface area contributed by atoms with Gasteiger partial charge in [-0.05, 0) is 61.4 Å². The molecule has 0 N–H and O–H groups in total. The van der Waals surface area contributed by atoms with Gasteiger partial charge in [0.05, 0.1) is 10.6 Å². The molecule has 7 nitrogen and oxygen atoms in total. The molecule has 5 aromatic rings. The number of aromatic nitrogens is 2. The monoisotopic (exact) mass is 455 g/mol. The van der Waals surface area contributed by atoms with Crippen LogP contribution in [0.2, 0.25) is 0 Å². The van der Waals surface area contributed by atoms with Crippen LogP contribution >= 0.6 is 11.3 Å². The Morgan fingerprint density at radius 2 is 1.67 bits per heavy atom. The molecule has 0 saturated heterocycles. The van der Waals surface area contributed by atoms with Crippen molar-refractivity contribution in [2.24, 2.45) is 0 Å². The van der Waals surface area contributed by atoms with E-state index in [9.17, 15) is 19.7 Å². The largest absolute Gasteiger partial charge is 0.288 e. The smallest absolute Gasteiger partial charge is 0.271 e. The first kappa shape index (κ1) is 20.7. The van der Waals surface area contributed by atoms with Gasteiger partial charge in [-0.3, -0.25) is 24.3 Å². The Morgan fingerprint density at radius 1 is 0.939 bits per heavy atom. The van der Waals surface area contributed by atoms with Crippen LogP contribution in [0.4, 0.5) is 5.69 Å². The van der Waals surface area contributed by atoms with E-state index in [1.807, 2.05) is 38.1 Å². The van der Waals surface area contributed by atoms with Gasteiger partial charge in [0.1, 0.15) is 16.0 Å². The van der Waals surface area contributed by atoms with Crippen LogP contribution in [0, 0.1) is 24.0 Å². The average Bonchev–Trinajstić information content (AvgIpc) is 2.81. The second-order valence-electron chi connectivity index (χ2n) is 7.76. The van der Waals surface area contributed by atoms with Crippen molar-refractivity contribution in [1.82, 2.24) is 9.55 Å². The van der Waals surface area contributed by atoms with Crippen molar-refractivity contribution in [3.8, 4) is 17.1 Å². The molecule has 0 unspecified atom stereocenters. The summed E-state index contributed by atoms with van der Waals surface area (Å²) >= 11 is 1.27. The predicted molar refractivity (Wildman–Crippen MR) is 131 cm³/mol. The van der Waals surface area contributed by atoms with Crippen LogP contribution in [0.15, 0.2) is 76.3 Å². The Morgan fingerprint density at radius 3 is 2.36 bits per heavy atom. The Bertz CT molecular complexity index is 1700. The third-order valence-electron chi connectivity index (χ3n) is 5.70. The highest BCUT2D eigenvalue weighted by atomic mass is 32.1. The first-order valence-electron chi connectivity index (χ1n) is 10.2. The molecule has 0 aliphatic carbocycles. The standard InChI is InChI=1S/C25H17N3O4S/c1-14-7-10-18(13-15(14)2)27-23(16-8-11-17(12-9-16)28(31)32)26-24-21(25(27)30)22(29)19-5-3-4-6-20(19)33-24/h3-13H,1-2H3. The van der Waals surface area contributed by atoms with Crippen molar-refractivity contribution < 1.29 is 4.92 Å². The topological polar surface area (TPSA) is 95.1 Å². The minimum atomic E-state index is -0.480. The van der Waals surface area contributed by atoms with Crippen molar-refractivity contribution in [1.29, 1.82) is 0 Å². The summed E-state index contributed by atoms with van der Waals surface area (Å²) in [5, 5.41) is 11.6. The van der Waals surface area contributed by atoms with Crippen molar-refractivity contribution in [3.05, 3.63) is 109 Å². The summed E-state index contributed by atoms with van der Waals surface area (Å²) < 4.78 is 2.15. The number of hydrogen-bond acceptors (Lipinski definition) is 6. The quantitative estimate of drug-likeness (QED) is 0.213. The molecule has 2 heterocycles. The maximum Gasteiger partial charge on any atom is 0.271 e. The van der Waals surface area contributed by atoms with Crippen LogP contribution in [-0.2, 0) is 0 Å². The Hall–Kier alpha value is -4.17. The lowest BCUT2D eigenvalue weighted by atomic mass is 10.1. The molecule has 3 aromatic carbocycles. The molecule has 0 amide bonds. The van der Waals surface area contributed by atoms with E-state index in [4.69, 9.17) is 4.98 Å². The van der Waals surface area contributed by atoms with Gasteiger partial charge < -0.3 is 0 Å². The fraction of sp³-hybridized carbons (Fsp3) is 0.0800. The molecule has 0 radical (unpaired) electrons. The third-order valence-corrected chi connectivity index (χ3v) is 6.77. The van der Waals surface area contributed by atoms with Gasteiger partial charge in [-0.15, -0.1) is 11.3 Å². The van der Waals surface area contributed by atoms with Gasteiger partial charge in [-0.25, -0.2) is 4.98 Å². The SMILES string of the molecule is Cc1ccc(-n2c(-c3ccc([N+](=O)[O-])cc3)nc3sc4ccccc4c(=O)c3c2=O)cc1C. The molecular weight excluding hydrogens is 438 g/mol. The van der Waals surface area contributed by atoms with E-state index in [0.29, 0.717) is 27.3 Å². The molecule has 33 heavy (non-hydrogen) atoms. The van der Waals surface area contributed by atoms with E-state index in [1.165, 1.54) is 28.0 Å². The summed E-state index contributed by atoms with van der Waals surface area (Å²) in [6.07, 6.45) is 0. The molecule has 0 spiro atoms. The highest BCUT2D eigenvalue weighted by Gasteiger charge is 2.19. The normalized spacial score (nSPS) is 11.2. The molecule has 0 fully saturated rings. The number of nitrogens with zero attached hydrogens (tertiary/aromatic N) is 3. The zero-order chi connectivity index (χ0) is 23.3. The minimum absolute atomic E-state index is 0.0302. The predicted octanol–water partition coefficient (Wildman–Crippen LogP) is 5.15. The van der Waals surface area contributed by atoms with E-state index in [-0.39, 0.29) is 16.5 Å². The molecule has 0 atom stereocenters. The van der Waals surface area contributed by atoms with Crippen LogP contribution in [0.1, 0.15) is 11.1 Å². The second kappa shape index (κ2) is 7.75. The van der Waals surface area contributed by atoms with Crippen LogP contribution in [0.5, 0.6) is 0 Å². The Labute approximate surface area is 191 Å². The first-order chi connectivity index (χ1) is 15.8. The Kier molecular flexibility index (Phi) is 4.87. The van der Waals surface area contributed by atoms with E-state index >= 15 is 0 Å². The lowest BCUT2D eigenvalue weighted by molar-refractivity contribution is -0.384. The van der Waals surface area contributed by atoms with Crippen molar-refractivity contribution >= 4 is 37.3 Å². The molecule has 0 aliphatic heterocycles. The van der Waals surface area contributed by atoms with Gasteiger partial charge >= 0.3 is 0 Å². The van der Waals surface area contributed by atoms with Crippen molar-refractivity contribution in [2.75, 3.05) is 0 Å². The zero-order valence-electron chi connectivity index (χ0n) is 17.7. The van der Waals surface area contributed by atoms with E-state index in [1.54, 1.807) is 30.3 Å². The highest BCUT2D eigenvalue weighted by molar-refractivity contribution is 7.24. The summed E-state index contributed by atoms with van der Waals surface area (Å²) in [5.74, 6) is 0.316. The molecule has 2 aromatic heterocycles. The van der Waals surface area contributed by atoms with Crippen LogP contribution in [0.3, 0.4) is 0 Å². The van der Waals surface area contributed by atoms with Gasteiger partial charge in [0.25, 0.3) is 11.2 Å². The van der Waals surface area contributed by atoms with E-state index in [2.05, 4.69) is 0 Å². The fourth-order valence-corrected chi connectivity index (χ4v) is 4.82. The van der Waals surface area contributed by atoms with Crippen molar-refractivity contribution in [3.63, 3.8) is 0 Å². The van der Waals surface area contributed by atoms with Crippen molar-refractivity contribution in [2.45, 2.75) is 13.8 Å². The summed E-state index contributed by atoms with van der Waals surface area (Å²) in [7, 11) is 0. The summed E-state index contributed by atoms with van der Waals surface area (Å²) in [6, 6.07) is 18.6. The number of fused-ring (bicyclic) bond motifs is 2. The molecule has 0 aliphatic rings. The number of hydrogen-bond donors (Lipinski definition) is 0. The van der Waals surface area contributed by atoms with Crippen LogP contribution in [0.25, 0.3) is 37.4 Å². The van der Waals surface area contributed by atoms with Gasteiger partial charge in [0.2, 0.25) is 5.43 Å². The number of nitro benzene ring substituents is 1. The average molecular weight is 455 g/mol. The maximum absolute atomic E-state index is 13.8. The molecule has 162 valence electrons. The highest BCUT2D eigenvalue weighted by Crippen LogP contribution is 2.28. The molecule has 0 saturated carbocycles. The first-order valence-corrected chi connectivity index (χ1v) is 11.0. The fourth-order valence-electron chi connectivity index (χ4n) is 3.78.